The largest absolute Gasteiger partial charge is 0.398 e. The van der Waals surface area contributed by atoms with Gasteiger partial charge in [-0.05, 0) is 19.2 Å². The van der Waals surface area contributed by atoms with Crippen LogP contribution in [-0.2, 0) is 0 Å². The number of rotatable bonds is 5. The Labute approximate surface area is 105 Å². The predicted octanol–water partition coefficient (Wildman–Crippen LogP) is 2.36. The van der Waals surface area contributed by atoms with Crippen molar-refractivity contribution in [2.45, 2.75) is 13.0 Å². The van der Waals surface area contributed by atoms with Gasteiger partial charge in [0, 0.05) is 42.3 Å². The van der Waals surface area contributed by atoms with Crippen molar-refractivity contribution in [3.8, 4) is 0 Å². The molecule has 0 aliphatic carbocycles. The summed E-state index contributed by atoms with van der Waals surface area (Å²) in [5.41, 5.74) is 6.89. The lowest BCUT2D eigenvalue weighted by molar-refractivity contribution is -0.384. The van der Waals surface area contributed by atoms with E-state index in [0.717, 1.165) is 11.4 Å². The summed E-state index contributed by atoms with van der Waals surface area (Å²) in [6.45, 7) is 2.07. The van der Waals surface area contributed by atoms with Gasteiger partial charge in [0.25, 0.3) is 5.69 Å². The van der Waals surface area contributed by atoms with Crippen LogP contribution in [0.25, 0.3) is 0 Å². The molecule has 0 fully saturated rings. The second-order valence-corrected chi connectivity index (χ2v) is 4.87. The molecule has 1 rings (SSSR count). The molecule has 1 unspecified atom stereocenters. The van der Waals surface area contributed by atoms with Crippen LogP contribution in [-0.4, -0.2) is 30.0 Å². The minimum Gasteiger partial charge on any atom is -0.398 e. The van der Waals surface area contributed by atoms with Crippen LogP contribution in [0.4, 0.5) is 17.1 Å². The van der Waals surface area contributed by atoms with Crippen LogP contribution in [0.15, 0.2) is 18.2 Å². The molecule has 0 bridgehead atoms. The van der Waals surface area contributed by atoms with Crippen LogP contribution >= 0.6 is 11.8 Å². The number of hydrogen-bond acceptors (Lipinski definition) is 5. The Bertz CT molecular complexity index is 412. The number of anilines is 2. The summed E-state index contributed by atoms with van der Waals surface area (Å²) in [5.74, 6) is 0.957. The van der Waals surface area contributed by atoms with Crippen LogP contribution < -0.4 is 10.6 Å². The fraction of sp³-hybridized carbons (Fsp3) is 0.455. The molecule has 1 aromatic rings. The van der Waals surface area contributed by atoms with Crippen molar-refractivity contribution < 1.29 is 4.92 Å². The van der Waals surface area contributed by atoms with E-state index in [4.69, 9.17) is 5.73 Å². The zero-order valence-electron chi connectivity index (χ0n) is 10.2. The second kappa shape index (κ2) is 5.77. The number of nitro groups is 1. The third kappa shape index (κ3) is 3.52. The van der Waals surface area contributed by atoms with Gasteiger partial charge in [-0.2, -0.15) is 11.8 Å². The van der Waals surface area contributed by atoms with Crippen molar-refractivity contribution in [2.24, 2.45) is 0 Å². The van der Waals surface area contributed by atoms with E-state index >= 15 is 0 Å². The molecule has 0 aliphatic heterocycles. The zero-order chi connectivity index (χ0) is 13.0. The van der Waals surface area contributed by atoms with E-state index in [9.17, 15) is 10.1 Å². The van der Waals surface area contributed by atoms with Crippen molar-refractivity contribution in [1.82, 2.24) is 0 Å². The summed E-state index contributed by atoms with van der Waals surface area (Å²) >= 11 is 1.74. The molecule has 0 aliphatic rings. The number of non-ortho nitro benzene ring substituents is 1. The molecule has 6 heteroatoms. The summed E-state index contributed by atoms with van der Waals surface area (Å²) in [6.07, 6.45) is 2.03. The average Bonchev–Trinajstić information content (AvgIpc) is 2.27. The standard InChI is InChI=1S/C11H17N3O2S/c1-8(7-17-3)13(2)10-4-9(12)5-11(6-10)14(15)16/h4-6,8H,7,12H2,1-3H3. The lowest BCUT2D eigenvalue weighted by atomic mass is 10.2. The van der Waals surface area contributed by atoms with Crippen LogP contribution in [0.5, 0.6) is 0 Å². The monoisotopic (exact) mass is 255 g/mol. The van der Waals surface area contributed by atoms with Gasteiger partial charge in [0.2, 0.25) is 0 Å². The molecule has 1 atom stereocenters. The first-order chi connectivity index (χ1) is 7.95. The maximum absolute atomic E-state index is 10.8. The summed E-state index contributed by atoms with van der Waals surface area (Å²) in [5, 5.41) is 10.8. The molecule has 1 aromatic carbocycles. The average molecular weight is 255 g/mol. The third-order valence-electron chi connectivity index (χ3n) is 2.61. The maximum atomic E-state index is 10.8. The minimum atomic E-state index is -0.424. The van der Waals surface area contributed by atoms with E-state index in [-0.39, 0.29) is 5.69 Å². The fourth-order valence-corrected chi connectivity index (χ4v) is 2.24. The van der Waals surface area contributed by atoms with Gasteiger partial charge in [-0.15, -0.1) is 0 Å². The molecular weight excluding hydrogens is 238 g/mol. The molecule has 0 saturated heterocycles. The Balaban J connectivity index is 3.01. The summed E-state index contributed by atoms with van der Waals surface area (Å²) in [4.78, 5) is 12.3. The molecular formula is C11H17N3O2S. The third-order valence-corrected chi connectivity index (χ3v) is 3.43. The molecule has 0 radical (unpaired) electrons. The highest BCUT2D eigenvalue weighted by Crippen LogP contribution is 2.26. The van der Waals surface area contributed by atoms with Gasteiger partial charge in [-0.25, -0.2) is 0 Å². The van der Waals surface area contributed by atoms with Gasteiger partial charge in [0.1, 0.15) is 0 Å². The van der Waals surface area contributed by atoms with E-state index in [1.165, 1.54) is 6.07 Å². The predicted molar refractivity (Wildman–Crippen MR) is 73.8 cm³/mol. The Morgan fingerprint density at radius 1 is 1.53 bits per heavy atom. The number of nitrogens with zero attached hydrogens (tertiary/aromatic N) is 2. The van der Waals surface area contributed by atoms with Gasteiger partial charge in [-0.3, -0.25) is 10.1 Å². The molecule has 0 saturated carbocycles. The van der Waals surface area contributed by atoms with Crippen molar-refractivity contribution >= 4 is 28.8 Å². The van der Waals surface area contributed by atoms with Crippen molar-refractivity contribution in [1.29, 1.82) is 0 Å². The second-order valence-electron chi connectivity index (χ2n) is 3.96. The van der Waals surface area contributed by atoms with Crippen molar-refractivity contribution in [3.05, 3.63) is 28.3 Å². The lowest BCUT2D eigenvalue weighted by Gasteiger charge is -2.26. The van der Waals surface area contributed by atoms with Crippen LogP contribution in [0, 0.1) is 10.1 Å². The van der Waals surface area contributed by atoms with E-state index in [1.807, 2.05) is 18.2 Å². The minimum absolute atomic E-state index is 0.0307. The lowest BCUT2D eigenvalue weighted by Crippen LogP contribution is -2.30. The summed E-state index contributed by atoms with van der Waals surface area (Å²) < 4.78 is 0. The number of hydrogen-bond donors (Lipinski definition) is 1. The highest BCUT2D eigenvalue weighted by Gasteiger charge is 2.14. The van der Waals surface area contributed by atoms with Gasteiger partial charge in [0.15, 0.2) is 0 Å². The van der Waals surface area contributed by atoms with E-state index < -0.39 is 4.92 Å². The van der Waals surface area contributed by atoms with Crippen LogP contribution in [0.1, 0.15) is 6.92 Å². The van der Waals surface area contributed by atoms with Crippen molar-refractivity contribution in [2.75, 3.05) is 29.7 Å². The van der Waals surface area contributed by atoms with Crippen LogP contribution in [0.3, 0.4) is 0 Å². The number of thioether (sulfide) groups is 1. The van der Waals surface area contributed by atoms with Gasteiger partial charge in [0.05, 0.1) is 4.92 Å². The van der Waals surface area contributed by atoms with E-state index in [0.29, 0.717) is 11.7 Å². The molecule has 5 nitrogen and oxygen atoms in total. The number of nitrogen functional groups attached to an aromatic ring is 1. The smallest absolute Gasteiger partial charge is 0.273 e. The van der Waals surface area contributed by atoms with E-state index in [2.05, 4.69) is 6.92 Å². The molecule has 0 aromatic heterocycles. The molecule has 2 N–H and O–H groups in total. The first-order valence-electron chi connectivity index (χ1n) is 5.22. The molecule has 0 spiro atoms. The topological polar surface area (TPSA) is 72.4 Å². The normalized spacial score (nSPS) is 12.2. The quantitative estimate of drug-likeness (QED) is 0.497. The van der Waals surface area contributed by atoms with Crippen molar-refractivity contribution in [3.63, 3.8) is 0 Å². The Morgan fingerprint density at radius 2 is 2.18 bits per heavy atom. The Morgan fingerprint density at radius 3 is 2.71 bits per heavy atom. The van der Waals surface area contributed by atoms with Crippen LogP contribution in [0.2, 0.25) is 0 Å². The number of nitrogens with two attached hydrogens (primary N) is 1. The van der Waals surface area contributed by atoms with Gasteiger partial charge >= 0.3 is 0 Å². The first kappa shape index (κ1) is 13.6. The number of nitro benzene ring substituents is 1. The van der Waals surface area contributed by atoms with Gasteiger partial charge < -0.3 is 10.6 Å². The zero-order valence-corrected chi connectivity index (χ0v) is 11.0. The SMILES string of the molecule is CSCC(C)N(C)c1cc(N)cc([N+](=O)[O-])c1. The highest BCUT2D eigenvalue weighted by molar-refractivity contribution is 7.98. The molecule has 0 heterocycles. The van der Waals surface area contributed by atoms with E-state index in [1.54, 1.807) is 23.9 Å². The molecule has 17 heavy (non-hydrogen) atoms. The Hall–Kier alpha value is -1.43. The maximum Gasteiger partial charge on any atom is 0.273 e. The van der Waals surface area contributed by atoms with Gasteiger partial charge in [-0.1, -0.05) is 0 Å². The molecule has 0 amide bonds. The Kier molecular flexibility index (Phi) is 4.62. The fourth-order valence-electron chi connectivity index (χ4n) is 1.53. The molecule has 94 valence electrons. The summed E-state index contributed by atoms with van der Waals surface area (Å²) in [6, 6.07) is 4.97. The highest BCUT2D eigenvalue weighted by atomic mass is 32.2. The summed E-state index contributed by atoms with van der Waals surface area (Å²) in [7, 11) is 1.92. The number of benzene rings is 1. The first-order valence-corrected chi connectivity index (χ1v) is 6.61.